The SMILES string of the molecule is C=CC1(C)CCC2C(C)(CC(OC(=O)CC(=O)OCCCC)C3C(C)(C)CCCC32C)O1. The van der Waals surface area contributed by atoms with Gasteiger partial charge in [-0.05, 0) is 62.7 Å². The van der Waals surface area contributed by atoms with Gasteiger partial charge in [-0.2, -0.15) is 0 Å². The second-order valence-electron chi connectivity index (χ2n) is 11.8. The highest BCUT2D eigenvalue weighted by atomic mass is 16.6. The molecule has 0 aromatic rings. The molecule has 0 radical (unpaired) electrons. The summed E-state index contributed by atoms with van der Waals surface area (Å²) in [5.41, 5.74) is -0.688. The van der Waals surface area contributed by atoms with Gasteiger partial charge in [0.25, 0.3) is 0 Å². The number of carbonyl (C=O) groups is 2. The Labute approximate surface area is 194 Å². The topological polar surface area (TPSA) is 61.8 Å². The van der Waals surface area contributed by atoms with E-state index in [-0.39, 0.29) is 34.9 Å². The van der Waals surface area contributed by atoms with Gasteiger partial charge < -0.3 is 14.2 Å². The summed E-state index contributed by atoms with van der Waals surface area (Å²) >= 11 is 0. The lowest BCUT2D eigenvalue weighted by atomic mass is 9.43. The van der Waals surface area contributed by atoms with Gasteiger partial charge in [0.1, 0.15) is 12.5 Å². The van der Waals surface area contributed by atoms with Crippen molar-refractivity contribution in [1.82, 2.24) is 0 Å². The first-order valence-electron chi connectivity index (χ1n) is 12.6. The van der Waals surface area contributed by atoms with E-state index in [2.05, 4.69) is 41.2 Å². The zero-order valence-electron chi connectivity index (χ0n) is 21.1. The van der Waals surface area contributed by atoms with Crippen LogP contribution in [0.2, 0.25) is 0 Å². The molecule has 0 aromatic heterocycles. The van der Waals surface area contributed by atoms with E-state index in [1.165, 1.54) is 6.42 Å². The largest absolute Gasteiger partial charge is 0.465 e. The van der Waals surface area contributed by atoms with Crippen LogP contribution in [0.5, 0.6) is 0 Å². The molecule has 2 saturated carbocycles. The van der Waals surface area contributed by atoms with E-state index in [9.17, 15) is 9.59 Å². The Hall–Kier alpha value is -1.36. The van der Waals surface area contributed by atoms with Crippen molar-refractivity contribution in [1.29, 1.82) is 0 Å². The van der Waals surface area contributed by atoms with Crippen molar-refractivity contribution in [2.45, 2.75) is 117 Å². The molecule has 5 nitrogen and oxygen atoms in total. The standard InChI is InChI=1S/C27H44O5/c1-8-10-16-30-21(28)17-22(29)31-19-18-27(7)20(12-15-25(5,9-2)32-27)26(6)14-11-13-24(3,4)23(19)26/h9,19-20,23H,2,8,10-18H2,1,3-7H3. The van der Waals surface area contributed by atoms with Crippen molar-refractivity contribution in [3.05, 3.63) is 12.7 Å². The van der Waals surface area contributed by atoms with Crippen LogP contribution >= 0.6 is 0 Å². The minimum Gasteiger partial charge on any atom is -0.465 e. The number of fused-ring (bicyclic) bond motifs is 3. The fraction of sp³-hybridized carbons (Fsp3) is 0.852. The molecule has 0 amide bonds. The quantitative estimate of drug-likeness (QED) is 0.207. The van der Waals surface area contributed by atoms with Gasteiger partial charge in [0.2, 0.25) is 0 Å². The van der Waals surface area contributed by atoms with Crippen LogP contribution in [0.4, 0.5) is 0 Å². The van der Waals surface area contributed by atoms with Crippen molar-refractivity contribution in [3.63, 3.8) is 0 Å². The maximum absolute atomic E-state index is 12.8. The predicted molar refractivity (Wildman–Crippen MR) is 125 cm³/mol. The van der Waals surface area contributed by atoms with Gasteiger partial charge in [-0.3, -0.25) is 9.59 Å². The summed E-state index contributed by atoms with van der Waals surface area (Å²) in [5.74, 6) is -0.341. The van der Waals surface area contributed by atoms with Crippen molar-refractivity contribution in [2.75, 3.05) is 6.61 Å². The number of rotatable bonds is 7. The molecule has 0 bridgehead atoms. The average molecular weight is 449 g/mol. The molecule has 182 valence electrons. The Balaban J connectivity index is 1.84. The maximum atomic E-state index is 12.8. The van der Waals surface area contributed by atoms with E-state index in [0.717, 1.165) is 38.5 Å². The van der Waals surface area contributed by atoms with Crippen LogP contribution in [0, 0.1) is 22.7 Å². The molecule has 6 unspecified atom stereocenters. The van der Waals surface area contributed by atoms with E-state index >= 15 is 0 Å². The average Bonchev–Trinajstić information content (AvgIpc) is 2.66. The number of hydrogen-bond donors (Lipinski definition) is 0. The van der Waals surface area contributed by atoms with E-state index in [0.29, 0.717) is 18.9 Å². The summed E-state index contributed by atoms with van der Waals surface area (Å²) in [6, 6.07) is 0. The molecule has 32 heavy (non-hydrogen) atoms. The molecule has 6 atom stereocenters. The normalized spacial score (nSPS) is 40.5. The van der Waals surface area contributed by atoms with Crippen molar-refractivity contribution in [2.24, 2.45) is 22.7 Å². The Kier molecular flexibility index (Phi) is 7.20. The van der Waals surface area contributed by atoms with Gasteiger partial charge in [0.15, 0.2) is 0 Å². The van der Waals surface area contributed by atoms with Gasteiger partial charge >= 0.3 is 11.9 Å². The summed E-state index contributed by atoms with van der Waals surface area (Å²) in [5, 5.41) is 0. The Morgan fingerprint density at radius 3 is 2.47 bits per heavy atom. The Morgan fingerprint density at radius 2 is 1.81 bits per heavy atom. The number of unbranched alkanes of at least 4 members (excludes halogenated alkanes) is 1. The number of esters is 2. The van der Waals surface area contributed by atoms with E-state index in [1.807, 2.05) is 13.0 Å². The molecule has 2 aliphatic carbocycles. The third kappa shape index (κ3) is 4.78. The van der Waals surface area contributed by atoms with Crippen LogP contribution in [0.3, 0.4) is 0 Å². The third-order valence-electron chi connectivity index (χ3n) is 8.76. The zero-order chi connectivity index (χ0) is 23.8. The van der Waals surface area contributed by atoms with Gasteiger partial charge in [0, 0.05) is 12.3 Å². The number of carbonyl (C=O) groups excluding carboxylic acids is 2. The molecule has 3 aliphatic rings. The molecular weight excluding hydrogens is 404 g/mol. The van der Waals surface area contributed by atoms with Crippen LogP contribution in [-0.4, -0.2) is 35.9 Å². The van der Waals surface area contributed by atoms with Crippen LogP contribution < -0.4 is 0 Å². The molecule has 0 spiro atoms. The van der Waals surface area contributed by atoms with Crippen LogP contribution in [0.15, 0.2) is 12.7 Å². The lowest BCUT2D eigenvalue weighted by Gasteiger charge is -2.66. The first-order valence-corrected chi connectivity index (χ1v) is 12.6. The van der Waals surface area contributed by atoms with Crippen LogP contribution in [0.25, 0.3) is 0 Å². The summed E-state index contributed by atoms with van der Waals surface area (Å²) < 4.78 is 18.0. The van der Waals surface area contributed by atoms with E-state index in [4.69, 9.17) is 14.2 Å². The van der Waals surface area contributed by atoms with Crippen LogP contribution in [-0.2, 0) is 23.8 Å². The van der Waals surface area contributed by atoms with Crippen molar-refractivity contribution < 1.29 is 23.8 Å². The summed E-state index contributed by atoms with van der Waals surface area (Å²) in [4.78, 5) is 24.9. The second-order valence-corrected chi connectivity index (χ2v) is 11.8. The van der Waals surface area contributed by atoms with Crippen molar-refractivity contribution in [3.8, 4) is 0 Å². The summed E-state index contributed by atoms with van der Waals surface area (Å²) in [7, 11) is 0. The van der Waals surface area contributed by atoms with Gasteiger partial charge in [-0.1, -0.05) is 46.6 Å². The number of hydrogen-bond acceptors (Lipinski definition) is 5. The third-order valence-corrected chi connectivity index (χ3v) is 8.76. The zero-order valence-corrected chi connectivity index (χ0v) is 21.1. The molecule has 0 N–H and O–H groups in total. The smallest absolute Gasteiger partial charge is 0.317 e. The lowest BCUT2D eigenvalue weighted by molar-refractivity contribution is -0.279. The fourth-order valence-electron chi connectivity index (χ4n) is 7.53. The molecular formula is C27H44O5. The van der Waals surface area contributed by atoms with Crippen LogP contribution in [0.1, 0.15) is 99.3 Å². The van der Waals surface area contributed by atoms with E-state index < -0.39 is 17.5 Å². The molecule has 3 fully saturated rings. The lowest BCUT2D eigenvalue weighted by Crippen LogP contribution is -2.67. The molecule has 0 aromatic carbocycles. The summed E-state index contributed by atoms with van der Waals surface area (Å²) in [6.45, 7) is 17.7. The van der Waals surface area contributed by atoms with Gasteiger partial charge in [0.05, 0.1) is 17.8 Å². The molecule has 1 aliphatic heterocycles. The second kappa shape index (κ2) is 9.12. The van der Waals surface area contributed by atoms with Gasteiger partial charge in [-0.15, -0.1) is 6.58 Å². The first kappa shape index (κ1) is 25.3. The predicted octanol–water partition coefficient (Wildman–Crippen LogP) is 6.00. The Morgan fingerprint density at radius 1 is 1.09 bits per heavy atom. The Bertz CT molecular complexity index is 730. The monoisotopic (exact) mass is 448 g/mol. The highest BCUT2D eigenvalue weighted by Crippen LogP contribution is 2.66. The van der Waals surface area contributed by atoms with Gasteiger partial charge in [-0.25, -0.2) is 0 Å². The molecule has 3 rings (SSSR count). The van der Waals surface area contributed by atoms with Crippen molar-refractivity contribution >= 4 is 11.9 Å². The maximum Gasteiger partial charge on any atom is 0.317 e. The first-order chi connectivity index (χ1) is 14.9. The molecule has 5 heteroatoms. The van der Waals surface area contributed by atoms with E-state index in [1.54, 1.807) is 0 Å². The molecule has 1 saturated heterocycles. The fourth-order valence-corrected chi connectivity index (χ4v) is 7.53. The highest BCUT2D eigenvalue weighted by Gasteiger charge is 2.65. The summed E-state index contributed by atoms with van der Waals surface area (Å²) in [6.07, 6.45) is 9.18. The minimum absolute atomic E-state index is 0.0177. The highest BCUT2D eigenvalue weighted by molar-refractivity contribution is 5.91. The number of ether oxygens (including phenoxy) is 3. The molecule has 1 heterocycles. The minimum atomic E-state index is -0.498.